The van der Waals surface area contributed by atoms with Crippen LogP contribution in [0.1, 0.15) is 76.7 Å². The van der Waals surface area contributed by atoms with E-state index in [0.29, 0.717) is 30.4 Å². The van der Waals surface area contributed by atoms with Crippen LogP contribution in [0.15, 0.2) is 24.5 Å². The van der Waals surface area contributed by atoms with Gasteiger partial charge in [0, 0.05) is 51.5 Å². The standard InChI is InChI=1S/C32H36FN7O5/c1-19(41)24-14-35-27(15-34-24)38-8-4-20(5-9-38)16-37-10-6-32(7-11-37)17-39(18-32)26-13-22-21(12-23(26)33)30(44)40(31(22)45)25-2-3-28(42)36-29(25)43/h12-15,20,25H,2-11,16-18H2,1H3,(H,36,42,43). The third-order valence-corrected chi connectivity index (χ3v) is 10.3. The first-order valence-corrected chi connectivity index (χ1v) is 15.7. The SMILES string of the molecule is CC(=O)c1cnc(N2CCC(CN3CCC4(CC3)CN(c3cc5c(cc3F)C(=O)N(C3CCC(=O)NC3=O)C5=O)C4)CC2)cn1. The first-order chi connectivity index (χ1) is 21.6. The summed E-state index contributed by atoms with van der Waals surface area (Å²) in [6, 6.07) is 1.49. The Bertz CT molecular complexity index is 1570. The van der Waals surface area contributed by atoms with Gasteiger partial charge in [-0.1, -0.05) is 0 Å². The molecule has 0 saturated carbocycles. The molecule has 0 aliphatic carbocycles. The van der Waals surface area contributed by atoms with E-state index < -0.39 is 35.5 Å². The molecule has 4 saturated heterocycles. The van der Waals surface area contributed by atoms with E-state index in [1.54, 1.807) is 12.4 Å². The molecule has 2 aromatic rings. The normalized spacial score (nSPS) is 23.8. The van der Waals surface area contributed by atoms with Gasteiger partial charge in [0.25, 0.3) is 11.8 Å². The Hall–Kier alpha value is -4.26. The van der Waals surface area contributed by atoms with Gasteiger partial charge in [-0.25, -0.2) is 14.4 Å². The zero-order chi connectivity index (χ0) is 31.5. The van der Waals surface area contributed by atoms with Gasteiger partial charge in [-0.3, -0.25) is 34.2 Å². The summed E-state index contributed by atoms with van der Waals surface area (Å²) in [7, 11) is 0. The lowest BCUT2D eigenvalue weighted by Gasteiger charge is -2.55. The number of carbonyl (C=O) groups is 5. The molecule has 13 heteroatoms. The highest BCUT2D eigenvalue weighted by molar-refractivity contribution is 6.23. The van der Waals surface area contributed by atoms with Crippen molar-refractivity contribution in [2.45, 2.75) is 51.5 Å². The smallest absolute Gasteiger partial charge is 0.262 e. The third kappa shape index (κ3) is 5.36. The summed E-state index contributed by atoms with van der Waals surface area (Å²) in [5.41, 5.74) is 0.852. The highest BCUT2D eigenvalue weighted by Gasteiger charge is 2.48. The van der Waals surface area contributed by atoms with Crippen molar-refractivity contribution in [1.29, 1.82) is 0 Å². The van der Waals surface area contributed by atoms with E-state index in [-0.39, 0.29) is 35.2 Å². The summed E-state index contributed by atoms with van der Waals surface area (Å²) in [4.78, 5) is 77.8. The van der Waals surface area contributed by atoms with Crippen molar-refractivity contribution >= 4 is 40.9 Å². The number of aromatic nitrogens is 2. The van der Waals surface area contributed by atoms with Gasteiger partial charge in [-0.15, -0.1) is 0 Å². The van der Waals surface area contributed by atoms with E-state index in [0.717, 1.165) is 75.2 Å². The zero-order valence-corrected chi connectivity index (χ0v) is 25.3. The molecule has 12 nitrogen and oxygen atoms in total. The summed E-state index contributed by atoms with van der Waals surface area (Å²) in [6.07, 6.45) is 7.52. The number of fused-ring (bicyclic) bond motifs is 1. The molecule has 4 fully saturated rings. The van der Waals surface area contributed by atoms with Crippen molar-refractivity contribution in [2.24, 2.45) is 11.3 Å². The monoisotopic (exact) mass is 617 g/mol. The first-order valence-electron chi connectivity index (χ1n) is 15.7. The second-order valence-corrected chi connectivity index (χ2v) is 13.2. The van der Waals surface area contributed by atoms with Crippen molar-refractivity contribution in [3.8, 4) is 0 Å². The number of hydrogen-bond acceptors (Lipinski definition) is 10. The Labute approximate surface area is 259 Å². The summed E-state index contributed by atoms with van der Waals surface area (Å²) in [5.74, 6) is -1.67. The zero-order valence-electron chi connectivity index (χ0n) is 25.3. The predicted molar refractivity (Wildman–Crippen MR) is 160 cm³/mol. The number of likely N-dealkylation sites (tertiary alicyclic amines) is 1. The highest BCUT2D eigenvalue weighted by atomic mass is 19.1. The van der Waals surface area contributed by atoms with E-state index >= 15 is 4.39 Å². The number of anilines is 2. The van der Waals surface area contributed by atoms with Crippen LogP contribution in [-0.2, 0) is 9.59 Å². The molecule has 0 radical (unpaired) electrons. The van der Waals surface area contributed by atoms with Crippen molar-refractivity contribution in [3.05, 3.63) is 47.2 Å². The van der Waals surface area contributed by atoms with Crippen LogP contribution in [0.2, 0.25) is 0 Å². The Balaban J connectivity index is 0.911. The molecule has 0 bridgehead atoms. The van der Waals surface area contributed by atoms with Gasteiger partial charge in [0.1, 0.15) is 23.4 Å². The highest BCUT2D eigenvalue weighted by Crippen LogP contribution is 2.44. The van der Waals surface area contributed by atoms with E-state index in [1.165, 1.54) is 13.0 Å². The van der Waals surface area contributed by atoms with Crippen molar-refractivity contribution in [1.82, 2.24) is 25.1 Å². The Morgan fingerprint density at radius 3 is 2.24 bits per heavy atom. The molecule has 5 aliphatic rings. The van der Waals surface area contributed by atoms with Crippen LogP contribution in [-0.4, -0.2) is 101 Å². The number of carbonyl (C=O) groups excluding carboxylic acids is 5. The number of halogens is 1. The first kappa shape index (κ1) is 29.5. The third-order valence-electron chi connectivity index (χ3n) is 10.3. The quantitative estimate of drug-likeness (QED) is 0.379. The van der Waals surface area contributed by atoms with Gasteiger partial charge in [0.05, 0.1) is 29.2 Å². The molecule has 4 amide bonds. The van der Waals surface area contributed by atoms with E-state index in [4.69, 9.17) is 0 Å². The van der Waals surface area contributed by atoms with Gasteiger partial charge >= 0.3 is 0 Å². The maximum absolute atomic E-state index is 15.3. The van der Waals surface area contributed by atoms with Crippen LogP contribution in [0, 0.1) is 17.2 Å². The maximum atomic E-state index is 15.3. The molecular weight excluding hydrogens is 581 g/mol. The summed E-state index contributed by atoms with van der Waals surface area (Å²) in [6.45, 7) is 7.74. The molecule has 6 heterocycles. The van der Waals surface area contributed by atoms with Gasteiger partial charge in [-0.2, -0.15) is 0 Å². The number of rotatable bonds is 6. The molecule has 45 heavy (non-hydrogen) atoms. The average Bonchev–Trinajstić information content (AvgIpc) is 3.25. The fourth-order valence-corrected chi connectivity index (χ4v) is 7.56. The number of Topliss-reactive ketones (excluding diaryl/α,β-unsaturated/α-hetero) is 1. The Kier molecular flexibility index (Phi) is 7.38. The van der Waals surface area contributed by atoms with Gasteiger partial charge in [-0.05, 0) is 63.2 Å². The fraction of sp³-hybridized carbons (Fsp3) is 0.531. The largest absolute Gasteiger partial charge is 0.368 e. The number of imide groups is 2. The average molecular weight is 618 g/mol. The molecule has 1 N–H and O–H groups in total. The van der Waals surface area contributed by atoms with Crippen LogP contribution in [0.4, 0.5) is 15.9 Å². The van der Waals surface area contributed by atoms with Gasteiger partial charge in [0.2, 0.25) is 11.8 Å². The number of benzene rings is 1. The number of hydrogen-bond donors (Lipinski definition) is 1. The number of piperidine rings is 3. The fourth-order valence-electron chi connectivity index (χ4n) is 7.56. The lowest BCUT2D eigenvalue weighted by molar-refractivity contribution is -0.136. The van der Waals surface area contributed by atoms with E-state index in [1.807, 2.05) is 4.90 Å². The second kappa shape index (κ2) is 11.3. The van der Waals surface area contributed by atoms with Crippen LogP contribution in [0.5, 0.6) is 0 Å². The molecule has 1 unspecified atom stereocenters. The topological polar surface area (TPSA) is 136 Å². The number of ketones is 1. The number of nitrogens with zero attached hydrogens (tertiary/aromatic N) is 6. The summed E-state index contributed by atoms with van der Waals surface area (Å²) in [5, 5.41) is 2.18. The van der Waals surface area contributed by atoms with Gasteiger partial charge in [0.15, 0.2) is 5.78 Å². The lowest BCUT2D eigenvalue weighted by Crippen LogP contribution is -2.61. The van der Waals surface area contributed by atoms with Crippen LogP contribution < -0.4 is 15.1 Å². The molecule has 1 spiro atoms. The molecule has 1 aromatic heterocycles. The predicted octanol–water partition coefficient (Wildman–Crippen LogP) is 2.04. The van der Waals surface area contributed by atoms with Crippen molar-refractivity contribution < 1.29 is 28.4 Å². The molecular formula is C32H36FN7O5. The Morgan fingerprint density at radius 1 is 0.933 bits per heavy atom. The van der Waals surface area contributed by atoms with Crippen LogP contribution in [0.25, 0.3) is 0 Å². The van der Waals surface area contributed by atoms with E-state index in [2.05, 4.69) is 25.1 Å². The lowest BCUT2D eigenvalue weighted by atomic mass is 9.71. The number of nitrogens with one attached hydrogen (secondary N) is 1. The van der Waals surface area contributed by atoms with Crippen LogP contribution >= 0.6 is 0 Å². The maximum Gasteiger partial charge on any atom is 0.262 e. The second-order valence-electron chi connectivity index (χ2n) is 13.2. The Morgan fingerprint density at radius 2 is 1.62 bits per heavy atom. The van der Waals surface area contributed by atoms with Gasteiger partial charge < -0.3 is 14.7 Å². The molecule has 236 valence electrons. The minimum atomic E-state index is -1.08. The minimum Gasteiger partial charge on any atom is -0.368 e. The van der Waals surface area contributed by atoms with Crippen molar-refractivity contribution in [3.63, 3.8) is 0 Å². The summed E-state index contributed by atoms with van der Waals surface area (Å²) < 4.78 is 15.3. The molecule has 1 aromatic carbocycles. The van der Waals surface area contributed by atoms with Crippen molar-refractivity contribution in [2.75, 3.05) is 55.6 Å². The number of amides is 4. The minimum absolute atomic E-state index is 0.0323. The molecule has 5 aliphatic heterocycles. The molecule has 1 atom stereocenters. The molecule has 7 rings (SSSR count). The van der Waals surface area contributed by atoms with Crippen LogP contribution in [0.3, 0.4) is 0 Å². The van der Waals surface area contributed by atoms with E-state index in [9.17, 15) is 24.0 Å². The summed E-state index contributed by atoms with van der Waals surface area (Å²) >= 11 is 0.